The number of halogens is 1. The second-order valence-corrected chi connectivity index (χ2v) is 7.31. The Labute approximate surface area is 168 Å². The molecule has 0 radical (unpaired) electrons. The van der Waals surface area contributed by atoms with Gasteiger partial charge in [-0.05, 0) is 61.6 Å². The molecule has 0 aromatic heterocycles. The van der Waals surface area contributed by atoms with Gasteiger partial charge in [-0.2, -0.15) is 0 Å². The molecule has 2 unspecified atom stereocenters. The van der Waals surface area contributed by atoms with Gasteiger partial charge in [-0.25, -0.2) is 5.54 Å². The molecule has 3 rings (SSSR count). The summed E-state index contributed by atoms with van der Waals surface area (Å²) >= 11 is 0. The van der Waals surface area contributed by atoms with Gasteiger partial charge in [0.25, 0.3) is 0 Å². The summed E-state index contributed by atoms with van der Waals surface area (Å²) in [5.74, 6) is 0. The first-order valence-corrected chi connectivity index (χ1v) is 9.95. The van der Waals surface area contributed by atoms with Crippen LogP contribution in [-0.4, -0.2) is 0 Å². The summed E-state index contributed by atoms with van der Waals surface area (Å²) in [5, 5.41) is 0. The molecule has 0 saturated carbocycles. The molecule has 0 aliphatic carbocycles. The van der Waals surface area contributed by atoms with E-state index < -0.39 is 0 Å². The molecule has 0 fully saturated rings. The first kappa shape index (κ1) is 19.9. The quantitative estimate of drug-likeness (QED) is 0.439. The molecule has 3 aromatic carbocycles. The van der Waals surface area contributed by atoms with Crippen molar-refractivity contribution in [3.05, 3.63) is 95.1 Å². The third-order valence-corrected chi connectivity index (χ3v) is 5.65. The highest BCUT2D eigenvalue weighted by Crippen LogP contribution is 2.39. The van der Waals surface area contributed by atoms with Crippen molar-refractivity contribution in [2.45, 2.75) is 46.2 Å². The Hall–Kier alpha value is -2.81. The molecule has 0 aliphatic heterocycles. The van der Waals surface area contributed by atoms with Crippen molar-refractivity contribution >= 4 is 11.4 Å². The first-order chi connectivity index (χ1) is 13.6. The van der Waals surface area contributed by atoms with E-state index in [1.165, 1.54) is 16.7 Å². The van der Waals surface area contributed by atoms with Crippen molar-refractivity contribution in [2.75, 3.05) is 10.4 Å². The van der Waals surface area contributed by atoms with Gasteiger partial charge in [-0.15, -0.1) is 4.48 Å². The van der Waals surface area contributed by atoms with Crippen LogP contribution in [0.25, 0.3) is 0 Å². The van der Waals surface area contributed by atoms with Gasteiger partial charge in [0.1, 0.15) is 0 Å². The summed E-state index contributed by atoms with van der Waals surface area (Å²) < 4.78 is 13.4. The summed E-state index contributed by atoms with van der Waals surface area (Å²) in [6.07, 6.45) is 0.863. The number of nitrogens with zero attached hydrogens (tertiary/aromatic N) is 1. The van der Waals surface area contributed by atoms with Crippen LogP contribution in [0.1, 0.15) is 55.1 Å². The van der Waals surface area contributed by atoms with Gasteiger partial charge in [0.2, 0.25) is 0 Å². The van der Waals surface area contributed by atoms with Crippen molar-refractivity contribution in [3.63, 3.8) is 0 Å². The molecule has 0 bridgehead atoms. The van der Waals surface area contributed by atoms with Crippen molar-refractivity contribution in [1.82, 2.24) is 0 Å². The largest absolute Gasteiger partial charge is 0.358 e. The van der Waals surface area contributed by atoms with Crippen LogP contribution in [0, 0.1) is 6.92 Å². The van der Waals surface area contributed by atoms with Gasteiger partial charge in [0.15, 0.2) is 0 Å². The first-order valence-electron chi connectivity index (χ1n) is 9.95. The second kappa shape index (κ2) is 8.92. The van der Waals surface area contributed by atoms with Crippen LogP contribution in [0.4, 0.5) is 15.9 Å². The molecule has 0 spiro atoms. The lowest BCUT2D eigenvalue weighted by molar-refractivity contribution is 0.583. The molecular weight excluding hydrogens is 347 g/mol. The van der Waals surface area contributed by atoms with E-state index in [0.717, 1.165) is 17.7 Å². The fraction of sp³-hybridized carbons (Fsp3) is 0.280. The lowest BCUT2D eigenvalue weighted by atomic mass is 9.96. The van der Waals surface area contributed by atoms with E-state index in [0.29, 0.717) is 5.69 Å². The van der Waals surface area contributed by atoms with Crippen LogP contribution >= 0.6 is 0 Å². The molecule has 1 N–H and O–H groups in total. The summed E-state index contributed by atoms with van der Waals surface area (Å²) in [6, 6.07) is 25.1. The van der Waals surface area contributed by atoms with Crippen LogP contribution in [-0.2, 0) is 6.42 Å². The van der Waals surface area contributed by atoms with Crippen LogP contribution in [0.3, 0.4) is 0 Å². The number of benzene rings is 3. The monoisotopic (exact) mass is 376 g/mol. The maximum atomic E-state index is 13.4. The van der Waals surface area contributed by atoms with E-state index >= 15 is 0 Å². The summed E-state index contributed by atoms with van der Waals surface area (Å²) in [7, 11) is 0. The normalized spacial score (nSPS) is 13.0. The number of rotatable bonds is 7. The molecule has 3 heteroatoms. The van der Waals surface area contributed by atoms with E-state index in [4.69, 9.17) is 0 Å². The summed E-state index contributed by atoms with van der Waals surface area (Å²) in [6.45, 7) is 8.68. The number of hydrogen-bond acceptors (Lipinski definition) is 2. The Morgan fingerprint density at radius 3 is 1.79 bits per heavy atom. The molecule has 2 atom stereocenters. The van der Waals surface area contributed by atoms with Gasteiger partial charge < -0.3 is 4.90 Å². The smallest absolute Gasteiger partial charge is 0.0679 e. The van der Waals surface area contributed by atoms with Gasteiger partial charge in [-0.3, -0.25) is 0 Å². The van der Waals surface area contributed by atoms with Crippen molar-refractivity contribution in [3.8, 4) is 0 Å². The predicted octanol–water partition coefficient (Wildman–Crippen LogP) is 7.18. The minimum Gasteiger partial charge on any atom is -0.358 e. The zero-order chi connectivity index (χ0) is 20.1. The maximum absolute atomic E-state index is 13.4. The second-order valence-electron chi connectivity index (χ2n) is 7.31. The van der Waals surface area contributed by atoms with Gasteiger partial charge in [0.05, 0.1) is 17.8 Å². The predicted molar refractivity (Wildman–Crippen MR) is 117 cm³/mol. The lowest BCUT2D eigenvalue weighted by Crippen LogP contribution is -2.31. The van der Waals surface area contributed by atoms with Gasteiger partial charge in [0, 0.05) is 5.69 Å². The fourth-order valence-electron chi connectivity index (χ4n) is 3.98. The van der Waals surface area contributed by atoms with E-state index in [2.05, 4.69) is 81.1 Å². The average molecular weight is 377 g/mol. The van der Waals surface area contributed by atoms with Crippen LogP contribution in [0.5, 0.6) is 0 Å². The molecule has 0 saturated heterocycles. The molecule has 0 aliphatic rings. The Bertz CT molecular complexity index is 848. The van der Waals surface area contributed by atoms with Gasteiger partial charge in [-0.1, -0.05) is 67.6 Å². The standard InChI is InChI=1S/C25H29FN2/c1-5-21-16-24(27-26)17-25(18(21)2)28(19(3)22-12-8-6-9-13-22)20(4)23-14-10-7-11-15-23/h6-17,19-20,27H,5H2,1-4H3. The Morgan fingerprint density at radius 1 is 0.857 bits per heavy atom. The molecule has 0 heterocycles. The van der Waals surface area contributed by atoms with E-state index in [-0.39, 0.29) is 12.1 Å². The minimum absolute atomic E-state index is 0.134. The molecule has 28 heavy (non-hydrogen) atoms. The topological polar surface area (TPSA) is 15.3 Å². The zero-order valence-electron chi connectivity index (χ0n) is 17.1. The molecule has 2 nitrogen and oxygen atoms in total. The average Bonchev–Trinajstić information content (AvgIpc) is 2.76. The van der Waals surface area contributed by atoms with Crippen LogP contribution in [0.15, 0.2) is 72.8 Å². The van der Waals surface area contributed by atoms with Gasteiger partial charge >= 0.3 is 0 Å². The Kier molecular flexibility index (Phi) is 6.35. The SMILES string of the molecule is CCc1cc(NF)cc(N(C(C)c2ccccc2)C(C)c2ccccc2)c1C. The van der Waals surface area contributed by atoms with Crippen molar-refractivity contribution < 1.29 is 4.48 Å². The minimum atomic E-state index is 0.134. The van der Waals surface area contributed by atoms with Crippen molar-refractivity contribution in [2.24, 2.45) is 0 Å². The summed E-state index contributed by atoms with van der Waals surface area (Å²) in [5.41, 5.74) is 8.25. The fourth-order valence-corrected chi connectivity index (χ4v) is 3.98. The zero-order valence-corrected chi connectivity index (χ0v) is 17.1. The number of hydrogen-bond donors (Lipinski definition) is 1. The van der Waals surface area contributed by atoms with Crippen LogP contribution in [0.2, 0.25) is 0 Å². The number of anilines is 2. The summed E-state index contributed by atoms with van der Waals surface area (Å²) in [4.78, 5) is 2.40. The Balaban J connectivity index is 2.16. The lowest BCUT2D eigenvalue weighted by Gasteiger charge is -2.39. The third-order valence-electron chi connectivity index (χ3n) is 5.65. The van der Waals surface area contributed by atoms with Crippen molar-refractivity contribution in [1.29, 1.82) is 0 Å². The highest BCUT2D eigenvalue weighted by Gasteiger charge is 2.25. The Morgan fingerprint density at radius 2 is 1.36 bits per heavy atom. The van der Waals surface area contributed by atoms with E-state index in [1.54, 1.807) is 0 Å². The van der Waals surface area contributed by atoms with E-state index in [9.17, 15) is 4.48 Å². The van der Waals surface area contributed by atoms with E-state index in [1.807, 2.05) is 29.8 Å². The number of aryl methyl sites for hydroxylation is 1. The molecule has 3 aromatic rings. The molecular formula is C25H29FN2. The highest BCUT2D eigenvalue weighted by atomic mass is 19.2. The van der Waals surface area contributed by atoms with Crippen LogP contribution < -0.4 is 10.4 Å². The highest BCUT2D eigenvalue weighted by molar-refractivity contribution is 5.66. The third kappa shape index (κ3) is 4.04. The number of nitrogens with one attached hydrogen (secondary N) is 1. The molecule has 0 amide bonds. The maximum Gasteiger partial charge on any atom is 0.0679 e. The molecule has 146 valence electrons.